The lowest BCUT2D eigenvalue weighted by atomic mass is 10.3. The van der Waals surface area contributed by atoms with Crippen LogP contribution >= 0.6 is 11.3 Å². The Morgan fingerprint density at radius 3 is 2.65 bits per heavy atom. The molecule has 2 rings (SSSR count). The van der Waals surface area contributed by atoms with Gasteiger partial charge in [-0.25, -0.2) is 13.1 Å². The highest BCUT2D eigenvalue weighted by Crippen LogP contribution is 2.24. The van der Waals surface area contributed by atoms with E-state index in [0.29, 0.717) is 5.69 Å². The summed E-state index contributed by atoms with van der Waals surface area (Å²) < 4.78 is 28.9. The number of thiophene rings is 1. The topological polar surface area (TPSA) is 71.3 Å². The average Bonchev–Trinajstić information content (AvgIpc) is 2.95. The molecule has 2 heterocycles. The number of sulfonamides is 1. The van der Waals surface area contributed by atoms with Crippen LogP contribution in [-0.2, 0) is 23.7 Å². The lowest BCUT2D eigenvalue weighted by Gasteiger charge is -2.11. The van der Waals surface area contributed by atoms with Gasteiger partial charge in [-0.05, 0) is 32.0 Å². The molecule has 2 N–H and O–H groups in total. The first-order chi connectivity index (χ1) is 9.33. The van der Waals surface area contributed by atoms with Crippen LogP contribution in [0.1, 0.15) is 28.4 Å². The summed E-state index contributed by atoms with van der Waals surface area (Å²) in [4.78, 5) is 2.29. The zero-order valence-electron chi connectivity index (χ0n) is 11.6. The summed E-state index contributed by atoms with van der Waals surface area (Å²) in [6.07, 6.45) is 1.50. The molecule has 2 aromatic rings. The van der Waals surface area contributed by atoms with Crippen LogP contribution in [0.3, 0.4) is 0 Å². The second-order valence-corrected chi connectivity index (χ2v) is 7.76. The van der Waals surface area contributed by atoms with Gasteiger partial charge in [0.25, 0.3) is 0 Å². The van der Waals surface area contributed by atoms with Crippen molar-refractivity contribution in [3.8, 4) is 0 Å². The molecule has 0 spiro atoms. The smallest absolute Gasteiger partial charge is 0.242 e. The number of aromatic nitrogens is 1. The van der Waals surface area contributed by atoms with E-state index in [2.05, 4.69) is 4.72 Å². The Kier molecular flexibility index (Phi) is 4.33. The maximum atomic E-state index is 12.3. The predicted octanol–water partition coefficient (Wildman–Crippen LogP) is 1.93. The van der Waals surface area contributed by atoms with Crippen LogP contribution in [0.4, 0.5) is 0 Å². The number of aryl methyl sites for hydroxylation is 2. The molecule has 20 heavy (non-hydrogen) atoms. The summed E-state index contributed by atoms with van der Waals surface area (Å²) in [5.74, 6) is 0. The third kappa shape index (κ3) is 3.12. The number of aliphatic hydroxyl groups is 1. The van der Waals surface area contributed by atoms with Crippen LogP contribution in [-0.4, -0.2) is 18.1 Å². The zero-order valence-corrected chi connectivity index (χ0v) is 13.3. The van der Waals surface area contributed by atoms with Gasteiger partial charge in [0.2, 0.25) is 10.0 Å². The van der Waals surface area contributed by atoms with Gasteiger partial charge >= 0.3 is 0 Å². The fraction of sp³-hybridized carbons (Fsp3) is 0.385. The van der Waals surface area contributed by atoms with E-state index in [1.165, 1.54) is 12.3 Å². The van der Waals surface area contributed by atoms with Crippen LogP contribution in [0, 0.1) is 6.92 Å². The fourth-order valence-corrected chi connectivity index (χ4v) is 4.20. The quantitative estimate of drug-likeness (QED) is 0.886. The Bertz CT molecular complexity index is 701. The van der Waals surface area contributed by atoms with Crippen LogP contribution in [0.25, 0.3) is 0 Å². The molecule has 0 amide bonds. The van der Waals surface area contributed by atoms with Crippen molar-refractivity contribution >= 4 is 21.4 Å². The third-order valence-corrected chi connectivity index (χ3v) is 5.77. The van der Waals surface area contributed by atoms with Gasteiger partial charge in [0.05, 0.1) is 17.5 Å². The molecule has 0 saturated carbocycles. The van der Waals surface area contributed by atoms with Gasteiger partial charge in [0.15, 0.2) is 0 Å². The highest BCUT2D eigenvalue weighted by atomic mass is 32.2. The molecule has 1 atom stereocenters. The van der Waals surface area contributed by atoms with E-state index in [0.717, 1.165) is 9.75 Å². The summed E-state index contributed by atoms with van der Waals surface area (Å²) in [5.41, 5.74) is 0.560. The fourth-order valence-electron chi connectivity index (χ4n) is 1.93. The van der Waals surface area contributed by atoms with Crippen LogP contribution in [0.5, 0.6) is 0 Å². The van der Waals surface area contributed by atoms with Crippen LogP contribution < -0.4 is 4.72 Å². The van der Waals surface area contributed by atoms with E-state index in [4.69, 9.17) is 5.11 Å². The second kappa shape index (κ2) is 5.69. The first-order valence-electron chi connectivity index (χ1n) is 6.18. The van der Waals surface area contributed by atoms with E-state index in [1.807, 2.05) is 26.0 Å². The molecule has 0 saturated heterocycles. The number of nitrogens with one attached hydrogen (secondary N) is 1. The van der Waals surface area contributed by atoms with Crippen LogP contribution in [0.15, 0.2) is 29.3 Å². The summed E-state index contributed by atoms with van der Waals surface area (Å²) >= 11 is 1.57. The second-order valence-electron chi connectivity index (χ2n) is 4.73. The zero-order chi connectivity index (χ0) is 14.9. The van der Waals surface area contributed by atoms with E-state index in [1.54, 1.807) is 23.0 Å². The Morgan fingerprint density at radius 1 is 1.45 bits per heavy atom. The van der Waals surface area contributed by atoms with Gasteiger partial charge < -0.3 is 9.67 Å². The standard InChI is InChI=1S/C13H18N2O3S2/c1-9-4-5-13(19-9)10(2)14-20(17,18)12-6-11(8-16)15(3)7-12/h4-7,10,14,16H,8H2,1-3H3. The van der Waals surface area contributed by atoms with Gasteiger partial charge in [-0.2, -0.15) is 0 Å². The highest BCUT2D eigenvalue weighted by molar-refractivity contribution is 7.89. The molecular formula is C13H18N2O3S2. The summed E-state index contributed by atoms with van der Waals surface area (Å²) in [6.45, 7) is 3.62. The molecule has 0 aliphatic carbocycles. The molecule has 0 bridgehead atoms. The van der Waals surface area contributed by atoms with Crippen molar-refractivity contribution in [2.75, 3.05) is 0 Å². The van der Waals surface area contributed by atoms with Crippen molar-refractivity contribution in [2.24, 2.45) is 7.05 Å². The molecule has 0 radical (unpaired) electrons. The first kappa shape index (κ1) is 15.2. The number of rotatable bonds is 5. The number of hydrogen-bond acceptors (Lipinski definition) is 4. The Hall–Kier alpha value is -1.15. The van der Waals surface area contributed by atoms with Gasteiger partial charge in [-0.1, -0.05) is 0 Å². The van der Waals surface area contributed by atoms with E-state index in [9.17, 15) is 8.42 Å². The number of nitrogens with zero attached hydrogens (tertiary/aromatic N) is 1. The van der Waals surface area contributed by atoms with E-state index in [-0.39, 0.29) is 17.5 Å². The van der Waals surface area contributed by atoms with Crippen molar-refractivity contribution in [2.45, 2.75) is 31.4 Å². The van der Waals surface area contributed by atoms with Gasteiger partial charge in [0.1, 0.15) is 0 Å². The molecule has 7 heteroatoms. The third-order valence-electron chi connectivity index (χ3n) is 3.07. The Balaban J connectivity index is 2.22. The number of aliphatic hydroxyl groups excluding tert-OH is 1. The van der Waals surface area contributed by atoms with Crippen molar-refractivity contribution < 1.29 is 13.5 Å². The molecular weight excluding hydrogens is 296 g/mol. The minimum Gasteiger partial charge on any atom is -0.390 e. The molecule has 2 aromatic heterocycles. The van der Waals surface area contributed by atoms with Crippen molar-refractivity contribution in [1.82, 2.24) is 9.29 Å². The summed E-state index contributed by atoms with van der Waals surface area (Å²) in [7, 11) is -1.88. The molecule has 0 aromatic carbocycles. The maximum absolute atomic E-state index is 12.3. The first-order valence-corrected chi connectivity index (χ1v) is 8.48. The van der Waals surface area contributed by atoms with Gasteiger partial charge in [0, 0.05) is 28.7 Å². The van der Waals surface area contributed by atoms with Gasteiger partial charge in [-0.15, -0.1) is 11.3 Å². The lowest BCUT2D eigenvalue weighted by molar-refractivity contribution is 0.272. The number of hydrogen-bond donors (Lipinski definition) is 2. The van der Waals surface area contributed by atoms with E-state index >= 15 is 0 Å². The molecule has 110 valence electrons. The lowest BCUT2D eigenvalue weighted by Crippen LogP contribution is -2.26. The molecule has 1 unspecified atom stereocenters. The van der Waals surface area contributed by atoms with Crippen molar-refractivity contribution in [3.63, 3.8) is 0 Å². The SMILES string of the molecule is Cc1ccc(C(C)NS(=O)(=O)c2cc(CO)n(C)c2)s1. The molecule has 0 fully saturated rings. The van der Waals surface area contributed by atoms with Crippen molar-refractivity contribution in [1.29, 1.82) is 0 Å². The average molecular weight is 314 g/mol. The largest absolute Gasteiger partial charge is 0.390 e. The van der Waals surface area contributed by atoms with Crippen molar-refractivity contribution in [3.05, 3.63) is 39.8 Å². The van der Waals surface area contributed by atoms with Crippen LogP contribution in [0.2, 0.25) is 0 Å². The summed E-state index contributed by atoms with van der Waals surface area (Å²) in [6, 6.07) is 5.10. The molecule has 5 nitrogen and oxygen atoms in total. The highest BCUT2D eigenvalue weighted by Gasteiger charge is 2.21. The normalized spacial score (nSPS) is 13.6. The molecule has 0 aliphatic heterocycles. The van der Waals surface area contributed by atoms with Gasteiger partial charge in [-0.3, -0.25) is 0 Å². The molecule has 0 aliphatic rings. The predicted molar refractivity (Wildman–Crippen MR) is 79.1 cm³/mol. The Morgan fingerprint density at radius 2 is 2.15 bits per heavy atom. The monoisotopic (exact) mass is 314 g/mol. The Labute approximate surface area is 122 Å². The maximum Gasteiger partial charge on any atom is 0.242 e. The minimum absolute atomic E-state index is 0.171. The minimum atomic E-state index is -3.59. The summed E-state index contributed by atoms with van der Waals surface area (Å²) in [5, 5.41) is 9.13. The van der Waals surface area contributed by atoms with E-state index < -0.39 is 10.0 Å².